The van der Waals surface area contributed by atoms with Gasteiger partial charge in [-0.2, -0.15) is 13.2 Å². The van der Waals surface area contributed by atoms with Gasteiger partial charge in [-0.25, -0.2) is 13.1 Å². The Morgan fingerprint density at radius 3 is 2.55 bits per heavy atom. The van der Waals surface area contributed by atoms with Crippen LogP contribution in [0.25, 0.3) is 0 Å². The lowest BCUT2D eigenvalue weighted by molar-refractivity contribution is -0.132. The molecule has 9 heteroatoms. The van der Waals surface area contributed by atoms with E-state index in [1.165, 1.54) is 12.3 Å². The molecule has 5 nitrogen and oxygen atoms in total. The second-order valence-electron chi connectivity index (χ2n) is 4.28. The Kier molecular flexibility index (Phi) is 5.60. The molecule has 0 aliphatic heterocycles. The number of sulfonamides is 1. The quantitative estimate of drug-likeness (QED) is 0.803. The van der Waals surface area contributed by atoms with Crippen LogP contribution in [0.5, 0.6) is 0 Å². The van der Waals surface area contributed by atoms with E-state index in [-0.39, 0.29) is 11.5 Å². The third-order valence-electron chi connectivity index (χ3n) is 2.60. The van der Waals surface area contributed by atoms with Crippen molar-refractivity contribution in [3.8, 4) is 0 Å². The first-order valence-electron chi connectivity index (χ1n) is 6.06. The van der Waals surface area contributed by atoms with E-state index in [0.717, 1.165) is 6.42 Å². The molecule has 0 fully saturated rings. The van der Waals surface area contributed by atoms with Gasteiger partial charge >= 0.3 is 6.18 Å². The lowest BCUT2D eigenvalue weighted by Gasteiger charge is -2.07. The highest BCUT2D eigenvalue weighted by Gasteiger charge is 2.28. The number of hydrogen-bond acceptors (Lipinski definition) is 3. The molecule has 0 aliphatic rings. The van der Waals surface area contributed by atoms with E-state index < -0.39 is 29.2 Å². The molecule has 116 valence electrons. The number of nitrogens with zero attached hydrogens (tertiary/aromatic N) is 1. The Balaban J connectivity index is 2.82. The van der Waals surface area contributed by atoms with Gasteiger partial charge in [0.25, 0.3) is 0 Å². The van der Waals surface area contributed by atoms with E-state index >= 15 is 0 Å². The minimum atomic E-state index is -4.41. The van der Waals surface area contributed by atoms with Crippen LogP contribution < -0.4 is 4.72 Å². The van der Waals surface area contributed by atoms with Crippen LogP contribution in [0.15, 0.2) is 17.2 Å². The summed E-state index contributed by atoms with van der Waals surface area (Å²) in [5.74, 6) is 0. The monoisotopic (exact) mass is 314 g/mol. The van der Waals surface area contributed by atoms with Gasteiger partial charge in [-0.05, 0) is 12.5 Å². The zero-order valence-electron chi connectivity index (χ0n) is 10.9. The second-order valence-corrected chi connectivity index (χ2v) is 6.05. The molecule has 0 radical (unpaired) electrons. The molecule has 1 aromatic heterocycles. The molecule has 0 aliphatic carbocycles. The minimum Gasteiger partial charge on any atom is -0.390 e. The number of aliphatic hydroxyl groups excluding tert-OH is 1. The molecule has 0 saturated carbocycles. The summed E-state index contributed by atoms with van der Waals surface area (Å²) in [5.41, 5.74) is 0.406. The predicted octanol–water partition coefficient (Wildman–Crippen LogP) is 1.62. The van der Waals surface area contributed by atoms with Crippen molar-refractivity contribution in [1.82, 2.24) is 9.29 Å². The molecular weight excluding hydrogens is 297 g/mol. The zero-order valence-corrected chi connectivity index (χ0v) is 11.8. The summed E-state index contributed by atoms with van der Waals surface area (Å²) in [6, 6.07) is 1.26. The lowest BCUT2D eigenvalue weighted by atomic mass is 10.4. The maximum absolute atomic E-state index is 12.0. The number of alkyl halides is 3. The fraction of sp³-hybridized carbons (Fsp3) is 0.636. The van der Waals surface area contributed by atoms with Gasteiger partial charge in [0.15, 0.2) is 0 Å². The Bertz CT molecular complexity index is 538. The fourth-order valence-corrected chi connectivity index (χ4v) is 2.76. The molecule has 0 atom stereocenters. The minimum absolute atomic E-state index is 0.142. The van der Waals surface area contributed by atoms with Crippen LogP contribution in [-0.2, 0) is 23.2 Å². The first-order valence-corrected chi connectivity index (χ1v) is 7.54. The van der Waals surface area contributed by atoms with Crippen molar-refractivity contribution in [2.45, 2.75) is 44.0 Å². The van der Waals surface area contributed by atoms with Gasteiger partial charge in [-0.3, -0.25) is 0 Å². The van der Waals surface area contributed by atoms with Crippen LogP contribution in [0.3, 0.4) is 0 Å². The average molecular weight is 314 g/mol. The summed E-state index contributed by atoms with van der Waals surface area (Å²) >= 11 is 0. The Hall–Kier alpha value is -1.06. The van der Waals surface area contributed by atoms with Crippen molar-refractivity contribution < 1.29 is 26.7 Å². The number of hydrogen-bond donors (Lipinski definition) is 2. The smallest absolute Gasteiger partial charge is 0.390 e. The summed E-state index contributed by atoms with van der Waals surface area (Å²) in [6.45, 7) is 1.36. The van der Waals surface area contributed by atoms with E-state index in [4.69, 9.17) is 5.11 Å². The largest absolute Gasteiger partial charge is 0.390 e. The Morgan fingerprint density at radius 1 is 1.40 bits per heavy atom. The van der Waals surface area contributed by atoms with Crippen molar-refractivity contribution >= 4 is 10.0 Å². The van der Waals surface area contributed by atoms with Gasteiger partial charge in [-0.1, -0.05) is 6.92 Å². The normalized spacial score (nSPS) is 12.8. The summed E-state index contributed by atoms with van der Waals surface area (Å²) < 4.78 is 63.1. The number of aryl methyl sites for hydroxylation is 1. The summed E-state index contributed by atoms with van der Waals surface area (Å²) in [5, 5.41) is 9.12. The zero-order chi connectivity index (χ0) is 15.4. The molecule has 1 aromatic rings. The van der Waals surface area contributed by atoms with Crippen molar-refractivity contribution in [1.29, 1.82) is 0 Å². The van der Waals surface area contributed by atoms with Crippen molar-refractivity contribution in [2.24, 2.45) is 0 Å². The Morgan fingerprint density at radius 2 is 2.05 bits per heavy atom. The molecule has 0 saturated heterocycles. The van der Waals surface area contributed by atoms with E-state index in [0.29, 0.717) is 12.2 Å². The van der Waals surface area contributed by atoms with Crippen LogP contribution >= 0.6 is 0 Å². The maximum Gasteiger partial charge on any atom is 0.390 e. The van der Waals surface area contributed by atoms with Crippen LogP contribution in [0.1, 0.15) is 25.5 Å². The number of rotatable bonds is 7. The Labute approximate surface area is 115 Å². The predicted molar refractivity (Wildman–Crippen MR) is 66.5 cm³/mol. The van der Waals surface area contributed by atoms with Crippen molar-refractivity contribution in [3.05, 3.63) is 18.0 Å². The van der Waals surface area contributed by atoms with Gasteiger partial charge < -0.3 is 9.67 Å². The van der Waals surface area contributed by atoms with Crippen molar-refractivity contribution in [3.63, 3.8) is 0 Å². The standard InChI is InChI=1S/C11H17F3N2O3S/c1-2-5-16-7-10(6-9(16)8-17)20(18,19)15-4-3-11(12,13)14/h6-7,15,17H,2-5,8H2,1H3. The van der Waals surface area contributed by atoms with E-state index in [1.54, 1.807) is 4.57 Å². The van der Waals surface area contributed by atoms with Gasteiger partial charge in [0.05, 0.1) is 17.9 Å². The third-order valence-corrected chi connectivity index (χ3v) is 4.03. The molecule has 1 heterocycles. The fourth-order valence-electron chi connectivity index (χ4n) is 1.66. The average Bonchev–Trinajstić information content (AvgIpc) is 2.71. The maximum atomic E-state index is 12.0. The van der Waals surface area contributed by atoms with E-state index in [9.17, 15) is 21.6 Å². The first kappa shape index (κ1) is 17.0. The summed E-state index contributed by atoms with van der Waals surface area (Å²) in [7, 11) is -3.99. The lowest BCUT2D eigenvalue weighted by Crippen LogP contribution is -2.27. The van der Waals surface area contributed by atoms with E-state index in [2.05, 4.69) is 0 Å². The van der Waals surface area contributed by atoms with Crippen molar-refractivity contribution in [2.75, 3.05) is 6.54 Å². The molecule has 0 spiro atoms. The molecule has 0 amide bonds. The summed E-state index contributed by atoms with van der Waals surface area (Å²) in [4.78, 5) is -0.142. The van der Waals surface area contributed by atoms with Crippen LogP contribution in [0.2, 0.25) is 0 Å². The molecule has 2 N–H and O–H groups in total. The molecule has 0 bridgehead atoms. The molecular formula is C11H17F3N2O3S. The highest BCUT2D eigenvalue weighted by atomic mass is 32.2. The molecule has 0 aromatic carbocycles. The number of aromatic nitrogens is 1. The molecule has 0 unspecified atom stereocenters. The highest BCUT2D eigenvalue weighted by molar-refractivity contribution is 7.89. The topological polar surface area (TPSA) is 71.3 Å². The summed E-state index contributed by atoms with van der Waals surface area (Å²) in [6.07, 6.45) is -3.59. The number of nitrogens with one attached hydrogen (secondary N) is 1. The van der Waals surface area contributed by atoms with Crippen LogP contribution in [-0.4, -0.2) is 30.8 Å². The SMILES string of the molecule is CCCn1cc(S(=O)(=O)NCCC(F)(F)F)cc1CO. The van der Waals surface area contributed by atoms with Gasteiger partial charge in [0.2, 0.25) is 10.0 Å². The second kappa shape index (κ2) is 6.59. The first-order chi connectivity index (χ1) is 9.19. The van der Waals surface area contributed by atoms with Gasteiger partial charge in [0, 0.05) is 25.0 Å². The highest BCUT2D eigenvalue weighted by Crippen LogP contribution is 2.19. The van der Waals surface area contributed by atoms with Gasteiger partial charge in [0.1, 0.15) is 0 Å². The number of aliphatic hydroxyl groups is 1. The molecule has 1 rings (SSSR count). The van der Waals surface area contributed by atoms with E-state index in [1.807, 2.05) is 11.6 Å². The molecule has 20 heavy (non-hydrogen) atoms. The third kappa shape index (κ3) is 4.80. The van der Waals surface area contributed by atoms with Crippen LogP contribution in [0.4, 0.5) is 13.2 Å². The van der Waals surface area contributed by atoms with Crippen LogP contribution in [0, 0.1) is 0 Å². The number of halogens is 3. The van der Waals surface area contributed by atoms with Gasteiger partial charge in [-0.15, -0.1) is 0 Å².